The molecule has 0 bridgehead atoms. The fourth-order valence-electron chi connectivity index (χ4n) is 2.96. The lowest BCUT2D eigenvalue weighted by Crippen LogP contribution is -2.33. The summed E-state index contributed by atoms with van der Waals surface area (Å²) in [5.41, 5.74) is 3.33. The lowest BCUT2D eigenvalue weighted by Gasteiger charge is -2.23. The van der Waals surface area contributed by atoms with Crippen LogP contribution in [0.15, 0.2) is 36.8 Å². The Morgan fingerprint density at radius 2 is 2.18 bits per heavy atom. The zero-order valence-corrected chi connectivity index (χ0v) is 12.7. The quantitative estimate of drug-likeness (QED) is 0.789. The minimum atomic E-state index is 0.414. The molecule has 0 saturated carbocycles. The van der Waals surface area contributed by atoms with Crippen molar-refractivity contribution >= 4 is 10.9 Å². The molecule has 112 valence electrons. The van der Waals surface area contributed by atoms with Gasteiger partial charge in [-0.3, -0.25) is 0 Å². The predicted octanol–water partition coefficient (Wildman–Crippen LogP) is 2.79. The van der Waals surface area contributed by atoms with E-state index in [0.29, 0.717) is 11.9 Å². The first kappa shape index (κ1) is 13.3. The summed E-state index contributed by atoms with van der Waals surface area (Å²) in [7, 11) is 2.04. The molecule has 1 N–H and O–H groups in total. The summed E-state index contributed by atoms with van der Waals surface area (Å²) in [6, 6.07) is 8.61. The molecule has 3 heterocycles. The summed E-state index contributed by atoms with van der Waals surface area (Å²) in [5.74, 6) is 1.49. The van der Waals surface area contributed by atoms with Gasteiger partial charge in [0.15, 0.2) is 0 Å². The first-order chi connectivity index (χ1) is 10.7. The minimum absolute atomic E-state index is 0.414. The van der Waals surface area contributed by atoms with Crippen LogP contribution in [0.2, 0.25) is 0 Å². The number of fused-ring (bicyclic) bond motifs is 2. The van der Waals surface area contributed by atoms with Gasteiger partial charge in [0.25, 0.3) is 0 Å². The number of benzene rings is 1. The zero-order valence-electron chi connectivity index (χ0n) is 12.7. The van der Waals surface area contributed by atoms with E-state index >= 15 is 0 Å². The number of nitrogens with one attached hydrogen (secondary N) is 1. The monoisotopic (exact) mass is 294 g/mol. The molecule has 1 aliphatic heterocycles. The molecule has 3 aromatic rings. The molecule has 1 atom stereocenters. The molecule has 0 amide bonds. The first-order valence-corrected chi connectivity index (χ1v) is 7.50. The van der Waals surface area contributed by atoms with Crippen molar-refractivity contribution in [2.45, 2.75) is 25.9 Å². The second-order valence-electron chi connectivity index (χ2n) is 5.84. The second-order valence-corrected chi connectivity index (χ2v) is 5.84. The average Bonchev–Trinajstić information content (AvgIpc) is 2.89. The van der Waals surface area contributed by atoms with Crippen LogP contribution >= 0.6 is 0 Å². The van der Waals surface area contributed by atoms with E-state index in [4.69, 9.17) is 4.74 Å². The SMILES string of the molecule is C[C@H]1Cc2c(ncnc2Oc2ccc3c(ccn3C)c2)CN1. The van der Waals surface area contributed by atoms with E-state index in [1.54, 1.807) is 6.33 Å². The summed E-state index contributed by atoms with van der Waals surface area (Å²) in [4.78, 5) is 8.69. The van der Waals surface area contributed by atoms with Crippen LogP contribution in [-0.2, 0) is 20.0 Å². The lowest BCUT2D eigenvalue weighted by atomic mass is 10.0. The lowest BCUT2D eigenvalue weighted by molar-refractivity contribution is 0.430. The van der Waals surface area contributed by atoms with Crippen LogP contribution in [0.1, 0.15) is 18.2 Å². The molecule has 1 aliphatic rings. The Hall–Kier alpha value is -2.40. The van der Waals surface area contributed by atoms with Crippen LogP contribution in [0.5, 0.6) is 11.6 Å². The maximum atomic E-state index is 6.05. The minimum Gasteiger partial charge on any atom is -0.439 e. The second kappa shape index (κ2) is 5.10. The molecule has 5 heteroatoms. The van der Waals surface area contributed by atoms with Crippen molar-refractivity contribution in [3.05, 3.63) is 48.0 Å². The van der Waals surface area contributed by atoms with E-state index in [2.05, 4.69) is 38.9 Å². The molecular formula is C17H18N4O. The Balaban J connectivity index is 1.70. The van der Waals surface area contributed by atoms with Crippen molar-refractivity contribution < 1.29 is 4.74 Å². The van der Waals surface area contributed by atoms with Gasteiger partial charge in [-0.2, -0.15) is 0 Å². The van der Waals surface area contributed by atoms with Gasteiger partial charge in [0.2, 0.25) is 5.88 Å². The Kier molecular flexibility index (Phi) is 3.08. The summed E-state index contributed by atoms with van der Waals surface area (Å²) < 4.78 is 8.15. The number of aromatic nitrogens is 3. The molecular weight excluding hydrogens is 276 g/mol. The van der Waals surface area contributed by atoms with Gasteiger partial charge < -0.3 is 14.6 Å². The standard InChI is InChI=1S/C17H18N4O/c1-11-7-14-15(9-18-11)19-10-20-17(14)22-13-3-4-16-12(8-13)5-6-21(16)2/h3-6,8,10-11,18H,7,9H2,1-2H3/t11-/m0/s1. The van der Waals surface area contributed by atoms with Crippen LogP contribution in [0.25, 0.3) is 10.9 Å². The van der Waals surface area contributed by atoms with Crippen molar-refractivity contribution in [1.82, 2.24) is 19.9 Å². The van der Waals surface area contributed by atoms with Crippen molar-refractivity contribution in [3.8, 4) is 11.6 Å². The van der Waals surface area contributed by atoms with Gasteiger partial charge in [0, 0.05) is 42.3 Å². The van der Waals surface area contributed by atoms with Gasteiger partial charge in [0.05, 0.1) is 5.69 Å². The third kappa shape index (κ3) is 2.23. The fourth-order valence-corrected chi connectivity index (χ4v) is 2.96. The molecule has 5 nitrogen and oxygen atoms in total. The Labute approximate surface area is 129 Å². The predicted molar refractivity (Wildman–Crippen MR) is 85.0 cm³/mol. The molecule has 0 spiro atoms. The highest BCUT2D eigenvalue weighted by molar-refractivity contribution is 5.81. The number of hydrogen-bond acceptors (Lipinski definition) is 4. The van der Waals surface area contributed by atoms with E-state index < -0.39 is 0 Å². The number of hydrogen-bond donors (Lipinski definition) is 1. The number of aryl methyl sites for hydroxylation is 1. The molecule has 0 aliphatic carbocycles. The van der Waals surface area contributed by atoms with E-state index in [-0.39, 0.29) is 0 Å². The highest BCUT2D eigenvalue weighted by Gasteiger charge is 2.20. The largest absolute Gasteiger partial charge is 0.439 e. The van der Waals surface area contributed by atoms with Gasteiger partial charge >= 0.3 is 0 Å². The maximum absolute atomic E-state index is 6.05. The Morgan fingerprint density at radius 1 is 1.27 bits per heavy atom. The molecule has 2 aromatic heterocycles. The molecule has 0 unspecified atom stereocenters. The fraction of sp³-hybridized carbons (Fsp3) is 0.294. The highest BCUT2D eigenvalue weighted by Crippen LogP contribution is 2.29. The number of rotatable bonds is 2. The summed E-state index contributed by atoms with van der Waals surface area (Å²) in [6.45, 7) is 2.93. The van der Waals surface area contributed by atoms with Crippen LogP contribution in [0.3, 0.4) is 0 Å². The summed E-state index contributed by atoms with van der Waals surface area (Å²) in [5, 5.41) is 4.57. The van der Waals surface area contributed by atoms with Crippen LogP contribution in [0.4, 0.5) is 0 Å². The number of nitrogens with zero attached hydrogens (tertiary/aromatic N) is 3. The van der Waals surface area contributed by atoms with Gasteiger partial charge in [-0.25, -0.2) is 9.97 Å². The highest BCUT2D eigenvalue weighted by atomic mass is 16.5. The average molecular weight is 294 g/mol. The van der Waals surface area contributed by atoms with Crippen molar-refractivity contribution in [2.75, 3.05) is 0 Å². The first-order valence-electron chi connectivity index (χ1n) is 7.50. The van der Waals surface area contributed by atoms with Gasteiger partial charge in [-0.05, 0) is 37.6 Å². The molecule has 0 radical (unpaired) electrons. The number of ether oxygens (including phenoxy) is 1. The van der Waals surface area contributed by atoms with Crippen LogP contribution < -0.4 is 10.1 Å². The third-order valence-electron chi connectivity index (χ3n) is 4.19. The van der Waals surface area contributed by atoms with Crippen molar-refractivity contribution in [2.24, 2.45) is 7.05 Å². The zero-order chi connectivity index (χ0) is 15.1. The van der Waals surface area contributed by atoms with Gasteiger partial charge in [0.1, 0.15) is 12.1 Å². The molecule has 0 fully saturated rings. The molecule has 1 aromatic carbocycles. The van der Waals surface area contributed by atoms with Crippen LogP contribution in [-0.4, -0.2) is 20.6 Å². The molecule has 22 heavy (non-hydrogen) atoms. The van der Waals surface area contributed by atoms with Crippen molar-refractivity contribution in [1.29, 1.82) is 0 Å². The van der Waals surface area contributed by atoms with Crippen LogP contribution in [0, 0.1) is 0 Å². The Morgan fingerprint density at radius 3 is 3.09 bits per heavy atom. The van der Waals surface area contributed by atoms with E-state index in [1.165, 1.54) is 5.52 Å². The van der Waals surface area contributed by atoms with Crippen molar-refractivity contribution in [3.63, 3.8) is 0 Å². The van der Waals surface area contributed by atoms with E-state index in [1.807, 2.05) is 25.4 Å². The summed E-state index contributed by atoms with van der Waals surface area (Å²) >= 11 is 0. The molecule has 0 saturated heterocycles. The summed E-state index contributed by atoms with van der Waals surface area (Å²) in [6.07, 6.45) is 4.51. The third-order valence-corrected chi connectivity index (χ3v) is 4.19. The van der Waals surface area contributed by atoms with E-state index in [0.717, 1.165) is 35.4 Å². The molecule has 4 rings (SSSR count). The van der Waals surface area contributed by atoms with Gasteiger partial charge in [-0.15, -0.1) is 0 Å². The maximum Gasteiger partial charge on any atom is 0.225 e. The normalized spacial score (nSPS) is 17.5. The van der Waals surface area contributed by atoms with E-state index in [9.17, 15) is 0 Å². The Bertz CT molecular complexity index is 840. The smallest absolute Gasteiger partial charge is 0.225 e. The topological polar surface area (TPSA) is 52.0 Å². The van der Waals surface area contributed by atoms with Gasteiger partial charge in [-0.1, -0.05) is 0 Å².